The van der Waals surface area contributed by atoms with Crippen LogP contribution in [0.5, 0.6) is 11.5 Å². The van der Waals surface area contributed by atoms with E-state index >= 15 is 0 Å². The number of nitrogens with zero attached hydrogens (tertiary/aromatic N) is 2. The van der Waals surface area contributed by atoms with Crippen molar-refractivity contribution in [2.45, 2.75) is 26.2 Å². The normalized spacial score (nSPS) is 10.8. The molecular formula is C17H16N2O3. The first-order chi connectivity index (χ1) is 10.3. The van der Waals surface area contributed by atoms with Crippen LogP contribution >= 0.6 is 0 Å². The molecule has 0 unspecified atom stereocenters. The van der Waals surface area contributed by atoms with Crippen molar-refractivity contribution in [3.05, 3.63) is 63.7 Å². The van der Waals surface area contributed by atoms with Crippen LogP contribution in [0.2, 0.25) is 0 Å². The Morgan fingerprint density at radius 2 is 1.77 bits per heavy atom. The quantitative estimate of drug-likeness (QED) is 0.614. The van der Waals surface area contributed by atoms with Crippen LogP contribution in [0.15, 0.2) is 42.5 Å². The number of nitro groups is 1. The minimum atomic E-state index is -0.539. The lowest BCUT2D eigenvalue weighted by molar-refractivity contribution is -0.384. The molecule has 0 aliphatic carbocycles. The number of ether oxygens (including phenoxy) is 1. The van der Waals surface area contributed by atoms with Crippen molar-refractivity contribution in [3.8, 4) is 17.6 Å². The molecule has 0 amide bonds. The number of nitro benzene ring substituents is 1. The number of benzene rings is 2. The lowest BCUT2D eigenvalue weighted by Gasteiger charge is -2.19. The molecule has 112 valence electrons. The van der Waals surface area contributed by atoms with Crippen LogP contribution in [0.25, 0.3) is 0 Å². The second-order valence-corrected chi connectivity index (χ2v) is 5.93. The van der Waals surface area contributed by atoms with Gasteiger partial charge in [-0.2, -0.15) is 5.26 Å². The van der Waals surface area contributed by atoms with Crippen LogP contribution in [0.3, 0.4) is 0 Å². The monoisotopic (exact) mass is 296 g/mol. The fourth-order valence-corrected chi connectivity index (χ4v) is 1.96. The molecule has 5 heteroatoms. The van der Waals surface area contributed by atoms with Gasteiger partial charge in [-0.25, -0.2) is 0 Å². The van der Waals surface area contributed by atoms with Gasteiger partial charge in [0.1, 0.15) is 23.1 Å². The van der Waals surface area contributed by atoms with E-state index in [1.54, 1.807) is 0 Å². The summed E-state index contributed by atoms with van der Waals surface area (Å²) in [6.45, 7) is 6.35. The van der Waals surface area contributed by atoms with Gasteiger partial charge in [-0.15, -0.1) is 0 Å². The third-order valence-corrected chi connectivity index (χ3v) is 3.24. The zero-order chi connectivity index (χ0) is 16.3. The van der Waals surface area contributed by atoms with Crippen LogP contribution in [-0.4, -0.2) is 4.92 Å². The molecule has 2 aromatic rings. The van der Waals surface area contributed by atoms with Crippen molar-refractivity contribution >= 4 is 5.69 Å². The molecule has 2 aromatic carbocycles. The smallest absolute Gasteiger partial charge is 0.271 e. The number of hydrogen-bond acceptors (Lipinski definition) is 4. The Morgan fingerprint density at radius 3 is 2.27 bits per heavy atom. The minimum absolute atomic E-state index is 0.0453. The summed E-state index contributed by atoms with van der Waals surface area (Å²) in [7, 11) is 0. The van der Waals surface area contributed by atoms with Gasteiger partial charge in [-0.3, -0.25) is 10.1 Å². The van der Waals surface area contributed by atoms with E-state index in [0.717, 1.165) is 0 Å². The fourth-order valence-electron chi connectivity index (χ4n) is 1.96. The molecule has 0 spiro atoms. The largest absolute Gasteiger partial charge is 0.456 e. The van der Waals surface area contributed by atoms with Crippen LogP contribution in [0, 0.1) is 21.4 Å². The summed E-state index contributed by atoms with van der Waals surface area (Å²) in [6.07, 6.45) is 0. The van der Waals surface area contributed by atoms with Gasteiger partial charge in [0.15, 0.2) is 0 Å². The number of rotatable bonds is 3. The standard InChI is InChI=1S/C17H16N2O3/c1-17(2,3)13-4-7-15(8-5-13)22-16-9-6-14(19(20)21)10-12(16)11-18/h4-10H,1-3H3. The molecule has 5 nitrogen and oxygen atoms in total. The molecule has 0 saturated carbocycles. The molecule has 0 atom stereocenters. The maximum Gasteiger partial charge on any atom is 0.271 e. The SMILES string of the molecule is CC(C)(C)c1ccc(Oc2ccc([N+](=O)[O-])cc2C#N)cc1. The summed E-state index contributed by atoms with van der Waals surface area (Å²) in [5, 5.41) is 19.8. The van der Waals surface area contributed by atoms with E-state index in [9.17, 15) is 10.1 Å². The van der Waals surface area contributed by atoms with Gasteiger partial charge in [-0.1, -0.05) is 32.9 Å². The topological polar surface area (TPSA) is 76.2 Å². The van der Waals surface area contributed by atoms with E-state index in [1.807, 2.05) is 30.3 Å². The van der Waals surface area contributed by atoms with Crippen molar-refractivity contribution in [1.82, 2.24) is 0 Å². The molecule has 2 rings (SSSR count). The highest BCUT2D eigenvalue weighted by molar-refractivity contribution is 5.51. The molecule has 0 fully saturated rings. The van der Waals surface area contributed by atoms with Gasteiger partial charge in [0.05, 0.1) is 4.92 Å². The summed E-state index contributed by atoms with van der Waals surface area (Å²) in [6, 6.07) is 13.5. The van der Waals surface area contributed by atoms with E-state index in [0.29, 0.717) is 11.5 Å². The molecule has 0 radical (unpaired) electrons. The van der Waals surface area contributed by atoms with E-state index in [2.05, 4.69) is 20.8 Å². The van der Waals surface area contributed by atoms with Crippen LogP contribution in [0.1, 0.15) is 31.9 Å². The average molecular weight is 296 g/mol. The molecule has 0 saturated heterocycles. The lowest BCUT2D eigenvalue weighted by Crippen LogP contribution is -2.10. The van der Waals surface area contributed by atoms with Crippen molar-refractivity contribution < 1.29 is 9.66 Å². The predicted molar refractivity (Wildman–Crippen MR) is 83.0 cm³/mol. The van der Waals surface area contributed by atoms with Gasteiger partial charge in [0, 0.05) is 12.1 Å². The number of non-ortho nitro benzene ring substituents is 1. The Balaban J connectivity index is 2.28. The molecule has 0 N–H and O–H groups in total. The van der Waals surface area contributed by atoms with Crippen molar-refractivity contribution in [1.29, 1.82) is 5.26 Å². The summed E-state index contributed by atoms with van der Waals surface area (Å²) < 4.78 is 5.66. The highest BCUT2D eigenvalue weighted by Crippen LogP contribution is 2.30. The first kappa shape index (κ1) is 15.5. The third-order valence-electron chi connectivity index (χ3n) is 3.24. The van der Waals surface area contributed by atoms with Gasteiger partial charge in [0.25, 0.3) is 5.69 Å². The van der Waals surface area contributed by atoms with E-state index < -0.39 is 4.92 Å². The first-order valence-electron chi connectivity index (χ1n) is 6.78. The summed E-state index contributed by atoms with van der Waals surface area (Å²) >= 11 is 0. The number of nitriles is 1. The molecule has 0 aliphatic heterocycles. The highest BCUT2D eigenvalue weighted by atomic mass is 16.6. The van der Waals surface area contributed by atoms with Crippen molar-refractivity contribution in [2.75, 3.05) is 0 Å². The Hall–Kier alpha value is -2.87. The maximum absolute atomic E-state index is 10.7. The second-order valence-electron chi connectivity index (χ2n) is 5.93. The fraction of sp³-hybridized carbons (Fsp3) is 0.235. The van der Waals surface area contributed by atoms with Gasteiger partial charge in [-0.05, 0) is 29.2 Å². The Labute approximate surface area is 128 Å². The third kappa shape index (κ3) is 3.41. The lowest BCUT2D eigenvalue weighted by atomic mass is 9.87. The van der Waals surface area contributed by atoms with E-state index in [-0.39, 0.29) is 16.7 Å². The molecular weight excluding hydrogens is 280 g/mol. The number of hydrogen-bond donors (Lipinski definition) is 0. The first-order valence-corrected chi connectivity index (χ1v) is 6.78. The zero-order valence-corrected chi connectivity index (χ0v) is 12.7. The Bertz CT molecular complexity index is 738. The van der Waals surface area contributed by atoms with E-state index in [1.165, 1.54) is 23.8 Å². The molecule has 0 heterocycles. The van der Waals surface area contributed by atoms with E-state index in [4.69, 9.17) is 10.00 Å². The van der Waals surface area contributed by atoms with Gasteiger partial charge < -0.3 is 4.74 Å². The summed E-state index contributed by atoms with van der Waals surface area (Å²) in [5.74, 6) is 0.884. The maximum atomic E-state index is 10.7. The molecule has 0 aromatic heterocycles. The van der Waals surface area contributed by atoms with Gasteiger partial charge >= 0.3 is 0 Å². The van der Waals surface area contributed by atoms with Crippen LogP contribution in [-0.2, 0) is 5.41 Å². The molecule has 22 heavy (non-hydrogen) atoms. The summed E-state index contributed by atoms with van der Waals surface area (Å²) in [4.78, 5) is 10.2. The van der Waals surface area contributed by atoms with Gasteiger partial charge in [0.2, 0.25) is 0 Å². The minimum Gasteiger partial charge on any atom is -0.456 e. The van der Waals surface area contributed by atoms with Crippen LogP contribution < -0.4 is 4.74 Å². The Kier molecular flexibility index (Phi) is 4.13. The summed E-state index contributed by atoms with van der Waals surface area (Å²) in [5.41, 5.74) is 1.22. The zero-order valence-electron chi connectivity index (χ0n) is 12.7. The molecule has 0 aliphatic rings. The Morgan fingerprint density at radius 1 is 1.14 bits per heavy atom. The van der Waals surface area contributed by atoms with Crippen molar-refractivity contribution in [3.63, 3.8) is 0 Å². The second kappa shape index (κ2) is 5.86. The molecule has 0 bridgehead atoms. The van der Waals surface area contributed by atoms with Crippen molar-refractivity contribution in [2.24, 2.45) is 0 Å². The average Bonchev–Trinajstić information content (AvgIpc) is 2.47. The predicted octanol–water partition coefficient (Wildman–Crippen LogP) is 4.56. The highest BCUT2D eigenvalue weighted by Gasteiger charge is 2.15. The van der Waals surface area contributed by atoms with Crippen LogP contribution in [0.4, 0.5) is 5.69 Å².